The molecular weight excluding hydrogens is 292 g/mol. The van der Waals surface area contributed by atoms with Gasteiger partial charge in [0.2, 0.25) is 0 Å². The SMILES string of the molecule is CN1CCN(Cc2ccc(C(=O)NCc3cccnc3)o2)CC1. The van der Waals surface area contributed by atoms with Crippen LogP contribution in [0.4, 0.5) is 0 Å². The van der Waals surface area contributed by atoms with E-state index in [2.05, 4.69) is 27.1 Å². The lowest BCUT2D eigenvalue weighted by Crippen LogP contribution is -2.43. The Labute approximate surface area is 136 Å². The molecule has 0 aliphatic carbocycles. The molecule has 6 nitrogen and oxygen atoms in total. The maximum atomic E-state index is 12.1. The van der Waals surface area contributed by atoms with Crippen molar-refractivity contribution in [2.45, 2.75) is 13.1 Å². The number of nitrogens with one attached hydrogen (secondary N) is 1. The molecule has 122 valence electrons. The monoisotopic (exact) mass is 314 g/mol. The number of amides is 1. The van der Waals surface area contributed by atoms with E-state index in [9.17, 15) is 4.79 Å². The minimum atomic E-state index is -0.196. The van der Waals surface area contributed by atoms with Gasteiger partial charge in [0.15, 0.2) is 5.76 Å². The third-order valence-corrected chi connectivity index (χ3v) is 4.04. The molecule has 1 aliphatic heterocycles. The van der Waals surface area contributed by atoms with Gasteiger partial charge in [0.1, 0.15) is 5.76 Å². The van der Waals surface area contributed by atoms with E-state index in [1.807, 2.05) is 18.2 Å². The zero-order valence-corrected chi connectivity index (χ0v) is 13.4. The molecule has 0 aromatic carbocycles. The number of carbonyl (C=O) groups is 1. The summed E-state index contributed by atoms with van der Waals surface area (Å²) in [5, 5.41) is 2.85. The number of hydrogen-bond donors (Lipinski definition) is 1. The van der Waals surface area contributed by atoms with E-state index in [0.29, 0.717) is 12.3 Å². The zero-order valence-electron chi connectivity index (χ0n) is 13.4. The van der Waals surface area contributed by atoms with E-state index >= 15 is 0 Å². The van der Waals surface area contributed by atoms with E-state index in [4.69, 9.17) is 4.42 Å². The van der Waals surface area contributed by atoms with Crippen molar-refractivity contribution in [1.82, 2.24) is 20.1 Å². The molecule has 2 aromatic rings. The summed E-state index contributed by atoms with van der Waals surface area (Å²) >= 11 is 0. The Kier molecular flexibility index (Phi) is 5.05. The van der Waals surface area contributed by atoms with Crippen LogP contribution in [0.5, 0.6) is 0 Å². The first-order valence-electron chi connectivity index (χ1n) is 7.87. The topological polar surface area (TPSA) is 61.6 Å². The van der Waals surface area contributed by atoms with E-state index in [1.54, 1.807) is 18.5 Å². The van der Waals surface area contributed by atoms with Crippen LogP contribution in [0.3, 0.4) is 0 Å². The lowest BCUT2D eigenvalue weighted by molar-refractivity contribution is 0.0916. The summed E-state index contributed by atoms with van der Waals surface area (Å²) < 4.78 is 5.68. The fraction of sp³-hybridized carbons (Fsp3) is 0.412. The lowest BCUT2D eigenvalue weighted by Gasteiger charge is -2.31. The summed E-state index contributed by atoms with van der Waals surface area (Å²) in [7, 11) is 2.13. The first kappa shape index (κ1) is 15.7. The van der Waals surface area contributed by atoms with E-state index < -0.39 is 0 Å². The largest absolute Gasteiger partial charge is 0.455 e. The normalized spacial score (nSPS) is 16.4. The van der Waals surface area contributed by atoms with Crippen molar-refractivity contribution in [3.63, 3.8) is 0 Å². The number of pyridine rings is 1. The van der Waals surface area contributed by atoms with Gasteiger partial charge in [-0.2, -0.15) is 0 Å². The minimum absolute atomic E-state index is 0.196. The van der Waals surface area contributed by atoms with Crippen molar-refractivity contribution in [2.75, 3.05) is 33.2 Å². The number of likely N-dealkylation sites (N-methyl/N-ethyl adjacent to an activating group) is 1. The average molecular weight is 314 g/mol. The summed E-state index contributed by atoms with van der Waals surface area (Å²) in [5.41, 5.74) is 0.963. The molecule has 1 amide bonds. The maximum absolute atomic E-state index is 12.1. The molecule has 0 unspecified atom stereocenters. The Morgan fingerprint density at radius 1 is 1.26 bits per heavy atom. The van der Waals surface area contributed by atoms with Gasteiger partial charge in [0, 0.05) is 45.1 Å². The van der Waals surface area contributed by atoms with Gasteiger partial charge in [-0.25, -0.2) is 0 Å². The predicted octanol–water partition coefficient (Wildman–Crippen LogP) is 1.35. The minimum Gasteiger partial charge on any atom is -0.455 e. The highest BCUT2D eigenvalue weighted by molar-refractivity contribution is 5.91. The quantitative estimate of drug-likeness (QED) is 0.903. The molecule has 3 rings (SSSR count). The van der Waals surface area contributed by atoms with Gasteiger partial charge in [-0.3, -0.25) is 14.7 Å². The van der Waals surface area contributed by atoms with E-state index in [0.717, 1.165) is 44.0 Å². The van der Waals surface area contributed by atoms with Gasteiger partial charge in [-0.1, -0.05) is 6.07 Å². The van der Waals surface area contributed by atoms with Crippen LogP contribution in [0.1, 0.15) is 21.9 Å². The highest BCUT2D eigenvalue weighted by Crippen LogP contribution is 2.12. The second-order valence-electron chi connectivity index (χ2n) is 5.89. The molecule has 6 heteroatoms. The summed E-state index contributed by atoms with van der Waals surface area (Å²) in [4.78, 5) is 20.8. The Hall–Kier alpha value is -2.18. The maximum Gasteiger partial charge on any atom is 0.287 e. The Morgan fingerprint density at radius 2 is 2.09 bits per heavy atom. The van der Waals surface area contributed by atoms with Crippen molar-refractivity contribution in [2.24, 2.45) is 0 Å². The first-order chi connectivity index (χ1) is 11.2. The van der Waals surface area contributed by atoms with Crippen LogP contribution in [-0.4, -0.2) is 53.9 Å². The standard InChI is InChI=1S/C17H22N4O2/c1-20-7-9-21(10-8-20)13-15-4-5-16(23-15)17(22)19-12-14-3-2-6-18-11-14/h2-6,11H,7-10,12-13H2,1H3,(H,19,22). The zero-order chi connectivity index (χ0) is 16.1. The molecule has 0 radical (unpaired) electrons. The number of furan rings is 1. The Bertz CT molecular complexity index is 633. The molecule has 0 spiro atoms. The summed E-state index contributed by atoms with van der Waals surface area (Å²) in [6, 6.07) is 7.40. The van der Waals surface area contributed by atoms with E-state index in [-0.39, 0.29) is 5.91 Å². The molecule has 0 atom stereocenters. The van der Waals surface area contributed by atoms with Crippen molar-refractivity contribution in [1.29, 1.82) is 0 Å². The number of nitrogens with zero attached hydrogens (tertiary/aromatic N) is 3. The predicted molar refractivity (Wildman–Crippen MR) is 86.9 cm³/mol. The molecule has 0 bridgehead atoms. The smallest absolute Gasteiger partial charge is 0.287 e. The van der Waals surface area contributed by atoms with Crippen molar-refractivity contribution < 1.29 is 9.21 Å². The van der Waals surface area contributed by atoms with Gasteiger partial charge in [0.05, 0.1) is 6.54 Å². The third-order valence-electron chi connectivity index (χ3n) is 4.04. The summed E-state index contributed by atoms with van der Waals surface area (Å²) in [6.07, 6.45) is 3.45. The molecule has 2 aromatic heterocycles. The van der Waals surface area contributed by atoms with Crippen LogP contribution in [0, 0.1) is 0 Å². The first-order valence-corrected chi connectivity index (χ1v) is 7.87. The summed E-state index contributed by atoms with van der Waals surface area (Å²) in [5.74, 6) is 0.998. The lowest BCUT2D eigenvalue weighted by atomic mass is 10.3. The molecular formula is C17H22N4O2. The molecule has 23 heavy (non-hydrogen) atoms. The Morgan fingerprint density at radius 3 is 2.83 bits per heavy atom. The highest BCUT2D eigenvalue weighted by Gasteiger charge is 2.17. The van der Waals surface area contributed by atoms with Crippen LogP contribution >= 0.6 is 0 Å². The fourth-order valence-corrected chi connectivity index (χ4v) is 2.58. The molecule has 1 aliphatic rings. The second-order valence-corrected chi connectivity index (χ2v) is 5.89. The van der Waals surface area contributed by atoms with E-state index in [1.165, 1.54) is 0 Å². The Balaban J connectivity index is 1.51. The third kappa shape index (κ3) is 4.40. The fourth-order valence-electron chi connectivity index (χ4n) is 2.58. The van der Waals surface area contributed by atoms with Crippen LogP contribution in [-0.2, 0) is 13.1 Å². The summed E-state index contributed by atoms with van der Waals surface area (Å²) in [6.45, 7) is 5.39. The van der Waals surface area contributed by atoms with Gasteiger partial charge in [-0.05, 0) is 30.8 Å². The van der Waals surface area contributed by atoms with Crippen LogP contribution in [0.15, 0.2) is 41.1 Å². The van der Waals surface area contributed by atoms with Crippen molar-refractivity contribution >= 4 is 5.91 Å². The number of hydrogen-bond acceptors (Lipinski definition) is 5. The highest BCUT2D eigenvalue weighted by atomic mass is 16.4. The second kappa shape index (κ2) is 7.39. The van der Waals surface area contributed by atoms with Crippen LogP contribution in [0.25, 0.3) is 0 Å². The van der Waals surface area contributed by atoms with Gasteiger partial charge >= 0.3 is 0 Å². The molecule has 0 saturated carbocycles. The average Bonchev–Trinajstić information content (AvgIpc) is 3.04. The number of piperazine rings is 1. The number of aromatic nitrogens is 1. The van der Waals surface area contributed by atoms with Gasteiger partial charge in [0.25, 0.3) is 5.91 Å². The molecule has 1 saturated heterocycles. The number of carbonyl (C=O) groups excluding carboxylic acids is 1. The molecule has 1 N–H and O–H groups in total. The van der Waals surface area contributed by atoms with Crippen LogP contribution in [0.2, 0.25) is 0 Å². The molecule has 3 heterocycles. The van der Waals surface area contributed by atoms with Crippen molar-refractivity contribution in [3.8, 4) is 0 Å². The van der Waals surface area contributed by atoms with Crippen molar-refractivity contribution in [3.05, 3.63) is 53.7 Å². The molecule has 1 fully saturated rings. The number of rotatable bonds is 5. The van der Waals surface area contributed by atoms with Gasteiger partial charge in [-0.15, -0.1) is 0 Å². The van der Waals surface area contributed by atoms with Crippen LogP contribution < -0.4 is 5.32 Å². The van der Waals surface area contributed by atoms with Gasteiger partial charge < -0.3 is 14.6 Å².